The van der Waals surface area contributed by atoms with Gasteiger partial charge < -0.3 is 0 Å². The molecule has 0 heterocycles. The van der Waals surface area contributed by atoms with Gasteiger partial charge in [-0.15, -0.1) is 12.6 Å². The number of aryl methyl sites for hydroxylation is 2. The van der Waals surface area contributed by atoms with E-state index in [4.69, 9.17) is 0 Å². The molecule has 0 fully saturated rings. The lowest BCUT2D eigenvalue weighted by molar-refractivity contribution is 0.659. The standard InChI is InChI=1S/C18H29BrS/c1-3-5-7-9-11-15-14-18(20)16(13-17(15)19)12-10-8-6-4-2/h13-14,20H,3-12H2,1-2H3. The van der Waals surface area contributed by atoms with Gasteiger partial charge in [0.25, 0.3) is 0 Å². The van der Waals surface area contributed by atoms with Crippen LogP contribution in [0, 0.1) is 0 Å². The van der Waals surface area contributed by atoms with E-state index in [0.717, 1.165) is 6.42 Å². The van der Waals surface area contributed by atoms with Gasteiger partial charge in [-0.25, -0.2) is 0 Å². The predicted octanol–water partition coefficient (Wildman–Crippen LogP) is 6.98. The third-order valence-corrected chi connectivity index (χ3v) is 5.00. The van der Waals surface area contributed by atoms with Crippen LogP contribution >= 0.6 is 28.6 Å². The molecule has 0 aliphatic carbocycles. The van der Waals surface area contributed by atoms with E-state index in [1.165, 1.54) is 78.3 Å². The van der Waals surface area contributed by atoms with Gasteiger partial charge in [-0.2, -0.15) is 0 Å². The van der Waals surface area contributed by atoms with Crippen LogP contribution in [-0.4, -0.2) is 0 Å². The van der Waals surface area contributed by atoms with E-state index in [1.54, 1.807) is 0 Å². The number of thiol groups is 1. The van der Waals surface area contributed by atoms with Crippen LogP contribution in [0.2, 0.25) is 0 Å². The van der Waals surface area contributed by atoms with Gasteiger partial charge in [-0.05, 0) is 48.9 Å². The van der Waals surface area contributed by atoms with Crippen LogP contribution in [0.3, 0.4) is 0 Å². The van der Waals surface area contributed by atoms with Crippen molar-refractivity contribution in [2.45, 2.75) is 83.0 Å². The van der Waals surface area contributed by atoms with E-state index in [0.29, 0.717) is 0 Å². The molecule has 0 aromatic heterocycles. The van der Waals surface area contributed by atoms with Crippen molar-refractivity contribution in [1.29, 1.82) is 0 Å². The second-order valence-corrected chi connectivity index (χ2v) is 7.03. The Hall–Kier alpha value is 0.0500. The largest absolute Gasteiger partial charge is 0.143 e. The highest BCUT2D eigenvalue weighted by molar-refractivity contribution is 9.10. The molecule has 0 amide bonds. The molecule has 0 nitrogen and oxygen atoms in total. The molecule has 0 unspecified atom stereocenters. The fraction of sp³-hybridized carbons (Fsp3) is 0.667. The summed E-state index contributed by atoms with van der Waals surface area (Å²) < 4.78 is 1.28. The smallest absolute Gasteiger partial charge is 0.0210 e. The third-order valence-electron chi connectivity index (χ3n) is 3.85. The summed E-state index contributed by atoms with van der Waals surface area (Å²) in [6.45, 7) is 4.52. The Bertz CT molecular complexity index is 349. The van der Waals surface area contributed by atoms with Crippen molar-refractivity contribution in [3.63, 3.8) is 0 Å². The summed E-state index contributed by atoms with van der Waals surface area (Å²) in [6.07, 6.45) is 12.9. The monoisotopic (exact) mass is 356 g/mol. The Morgan fingerprint density at radius 2 is 1.35 bits per heavy atom. The van der Waals surface area contributed by atoms with Crippen LogP contribution in [0.15, 0.2) is 21.5 Å². The van der Waals surface area contributed by atoms with E-state index in [2.05, 4.69) is 54.5 Å². The molecule has 0 aliphatic heterocycles. The van der Waals surface area contributed by atoms with E-state index < -0.39 is 0 Å². The molecular weight excluding hydrogens is 328 g/mol. The summed E-state index contributed by atoms with van der Waals surface area (Å²) in [4.78, 5) is 1.18. The molecule has 0 atom stereocenters. The van der Waals surface area contributed by atoms with Crippen molar-refractivity contribution in [2.24, 2.45) is 0 Å². The van der Waals surface area contributed by atoms with Crippen molar-refractivity contribution in [3.8, 4) is 0 Å². The maximum absolute atomic E-state index is 4.68. The quantitative estimate of drug-likeness (QED) is 0.339. The number of rotatable bonds is 10. The molecule has 1 aromatic carbocycles. The van der Waals surface area contributed by atoms with Crippen LogP contribution in [0.4, 0.5) is 0 Å². The van der Waals surface area contributed by atoms with E-state index in [1.807, 2.05) is 0 Å². The normalized spacial score (nSPS) is 11.0. The summed E-state index contributed by atoms with van der Waals surface area (Å²) in [6, 6.07) is 4.57. The Morgan fingerprint density at radius 3 is 1.90 bits per heavy atom. The molecule has 1 rings (SSSR count). The minimum Gasteiger partial charge on any atom is -0.143 e. The first-order valence-corrected chi connectivity index (χ1v) is 9.43. The highest BCUT2D eigenvalue weighted by atomic mass is 79.9. The molecule has 0 saturated heterocycles. The maximum atomic E-state index is 4.68. The first-order chi connectivity index (χ1) is 9.69. The Labute approximate surface area is 139 Å². The second kappa shape index (κ2) is 10.7. The number of benzene rings is 1. The molecule has 0 N–H and O–H groups in total. The van der Waals surface area contributed by atoms with Crippen molar-refractivity contribution < 1.29 is 0 Å². The van der Waals surface area contributed by atoms with Crippen molar-refractivity contribution in [1.82, 2.24) is 0 Å². The third kappa shape index (κ3) is 6.67. The topological polar surface area (TPSA) is 0 Å². The van der Waals surface area contributed by atoms with Gasteiger partial charge in [-0.3, -0.25) is 0 Å². The van der Waals surface area contributed by atoms with E-state index in [9.17, 15) is 0 Å². The fourth-order valence-corrected chi connectivity index (χ4v) is 3.44. The van der Waals surface area contributed by atoms with Gasteiger partial charge in [0.1, 0.15) is 0 Å². The first kappa shape index (κ1) is 18.1. The SMILES string of the molecule is CCCCCCc1cc(Br)c(CCCCCC)cc1S. The van der Waals surface area contributed by atoms with Crippen molar-refractivity contribution in [3.05, 3.63) is 27.7 Å². The first-order valence-electron chi connectivity index (χ1n) is 8.19. The Kier molecular flexibility index (Phi) is 9.71. The molecule has 0 radical (unpaired) electrons. The highest BCUT2D eigenvalue weighted by Gasteiger charge is 2.06. The molecule has 0 saturated carbocycles. The van der Waals surface area contributed by atoms with Crippen LogP contribution in [0.25, 0.3) is 0 Å². The molecular formula is C18H29BrS. The molecule has 2 heteroatoms. The van der Waals surface area contributed by atoms with E-state index >= 15 is 0 Å². The minimum atomic E-state index is 1.16. The van der Waals surface area contributed by atoms with E-state index in [-0.39, 0.29) is 0 Å². The zero-order valence-corrected chi connectivity index (χ0v) is 15.5. The van der Waals surface area contributed by atoms with Gasteiger partial charge in [0.2, 0.25) is 0 Å². The summed E-state index contributed by atoms with van der Waals surface area (Å²) >= 11 is 8.42. The van der Waals surface area contributed by atoms with Crippen LogP contribution in [-0.2, 0) is 12.8 Å². The predicted molar refractivity (Wildman–Crippen MR) is 97.1 cm³/mol. The molecule has 1 aromatic rings. The summed E-state index contributed by atoms with van der Waals surface area (Å²) in [5.74, 6) is 0. The fourth-order valence-electron chi connectivity index (χ4n) is 2.52. The molecule has 0 bridgehead atoms. The lowest BCUT2D eigenvalue weighted by Gasteiger charge is -2.11. The summed E-state index contributed by atoms with van der Waals surface area (Å²) in [5, 5.41) is 0. The average Bonchev–Trinajstić information content (AvgIpc) is 2.44. The molecule has 0 aliphatic rings. The highest BCUT2D eigenvalue weighted by Crippen LogP contribution is 2.27. The van der Waals surface area contributed by atoms with Gasteiger partial charge in [0.05, 0.1) is 0 Å². The second-order valence-electron chi connectivity index (χ2n) is 5.69. The summed E-state index contributed by atoms with van der Waals surface area (Å²) in [5.41, 5.74) is 2.82. The zero-order chi connectivity index (χ0) is 14.8. The lowest BCUT2D eigenvalue weighted by atomic mass is 10.0. The molecule has 20 heavy (non-hydrogen) atoms. The molecule has 114 valence electrons. The number of hydrogen-bond donors (Lipinski definition) is 1. The Balaban J connectivity index is 2.52. The van der Waals surface area contributed by atoms with Crippen molar-refractivity contribution >= 4 is 28.6 Å². The average molecular weight is 357 g/mol. The van der Waals surface area contributed by atoms with Crippen LogP contribution in [0.1, 0.15) is 76.3 Å². The van der Waals surface area contributed by atoms with Gasteiger partial charge >= 0.3 is 0 Å². The van der Waals surface area contributed by atoms with Gasteiger partial charge in [0.15, 0.2) is 0 Å². The van der Waals surface area contributed by atoms with Crippen LogP contribution < -0.4 is 0 Å². The van der Waals surface area contributed by atoms with Gasteiger partial charge in [-0.1, -0.05) is 68.3 Å². The number of hydrogen-bond acceptors (Lipinski definition) is 1. The number of halogens is 1. The lowest BCUT2D eigenvalue weighted by Crippen LogP contribution is -1.94. The van der Waals surface area contributed by atoms with Crippen molar-refractivity contribution in [2.75, 3.05) is 0 Å². The van der Waals surface area contributed by atoms with Gasteiger partial charge in [0, 0.05) is 9.37 Å². The van der Waals surface area contributed by atoms with Crippen LogP contribution in [0.5, 0.6) is 0 Å². The Morgan fingerprint density at radius 1 is 0.800 bits per heavy atom. The molecule has 0 spiro atoms. The number of unbranched alkanes of at least 4 members (excludes halogenated alkanes) is 6. The maximum Gasteiger partial charge on any atom is 0.0210 e. The summed E-state index contributed by atoms with van der Waals surface area (Å²) in [7, 11) is 0. The zero-order valence-electron chi connectivity index (χ0n) is 13.1. The minimum absolute atomic E-state index is 1.16.